The topological polar surface area (TPSA) is 58.7 Å². The maximum Gasteiger partial charge on any atom is 0.168 e. The lowest BCUT2D eigenvalue weighted by Gasteiger charge is -2.56. The van der Waals surface area contributed by atoms with E-state index in [4.69, 9.17) is 16.9 Å². The van der Waals surface area contributed by atoms with E-state index in [-0.39, 0.29) is 28.8 Å². The van der Waals surface area contributed by atoms with Crippen molar-refractivity contribution in [3.05, 3.63) is 16.9 Å². The Labute approximate surface area is 191 Å². The third-order valence-electron chi connectivity index (χ3n) is 10.1. The Morgan fingerprint density at radius 1 is 1.19 bits per heavy atom. The smallest absolute Gasteiger partial charge is 0.168 e. The first-order valence-corrected chi connectivity index (χ1v) is 12.9. The van der Waals surface area contributed by atoms with Crippen molar-refractivity contribution < 1.29 is 4.79 Å². The zero-order valence-corrected chi connectivity index (χ0v) is 19.9. The molecule has 0 bridgehead atoms. The minimum Gasteiger partial charge on any atom is -0.297 e. The maximum absolute atomic E-state index is 13.5. The van der Waals surface area contributed by atoms with Gasteiger partial charge in [-0.15, -0.1) is 0 Å². The molecular formula is C26H36ClN3O. The average Bonchev–Trinajstić information content (AvgIpc) is 3.23. The SMILES string of the molecule is C[C@H]1CC[C@H]2[C@H](CC[C@H]3C4[C@H](C)C[C@H](C(=O)Cn5cc(C#N)c(Cl)n5)[C@@]4(C)CC[C@H]23)C1. The number of halogens is 1. The monoisotopic (exact) mass is 441 g/mol. The van der Waals surface area contributed by atoms with E-state index in [1.165, 1.54) is 44.9 Å². The van der Waals surface area contributed by atoms with Crippen LogP contribution in [0.5, 0.6) is 0 Å². The number of ketones is 1. The summed E-state index contributed by atoms with van der Waals surface area (Å²) in [5.41, 5.74) is 0.457. The highest BCUT2D eigenvalue weighted by Gasteiger charge is 2.60. The first-order chi connectivity index (χ1) is 14.8. The summed E-state index contributed by atoms with van der Waals surface area (Å²) >= 11 is 6.02. The van der Waals surface area contributed by atoms with Gasteiger partial charge in [0.05, 0.1) is 6.54 Å². The van der Waals surface area contributed by atoms with Gasteiger partial charge >= 0.3 is 0 Å². The second-order valence-electron chi connectivity index (χ2n) is 11.7. The highest BCUT2D eigenvalue weighted by atomic mass is 35.5. The van der Waals surface area contributed by atoms with Crippen LogP contribution < -0.4 is 0 Å². The van der Waals surface area contributed by atoms with Crippen LogP contribution in [0.2, 0.25) is 5.15 Å². The van der Waals surface area contributed by atoms with Gasteiger partial charge in [0.15, 0.2) is 10.9 Å². The largest absolute Gasteiger partial charge is 0.297 e. The molecule has 168 valence electrons. The molecule has 4 aliphatic carbocycles. The molecule has 0 N–H and O–H groups in total. The average molecular weight is 442 g/mol. The number of fused-ring (bicyclic) bond motifs is 5. The molecule has 0 aliphatic heterocycles. The van der Waals surface area contributed by atoms with Gasteiger partial charge in [0.25, 0.3) is 0 Å². The quantitative estimate of drug-likeness (QED) is 0.566. The van der Waals surface area contributed by atoms with E-state index in [2.05, 4.69) is 25.9 Å². The molecule has 0 spiro atoms. The second-order valence-corrected chi connectivity index (χ2v) is 12.1. The van der Waals surface area contributed by atoms with E-state index in [1.54, 1.807) is 10.9 Å². The number of hydrogen-bond acceptors (Lipinski definition) is 3. The summed E-state index contributed by atoms with van der Waals surface area (Å²) in [5, 5.41) is 13.5. The molecule has 4 fully saturated rings. The normalized spacial score (nSPS) is 44.1. The van der Waals surface area contributed by atoms with E-state index < -0.39 is 0 Å². The molecule has 5 heteroatoms. The molecule has 1 aromatic heterocycles. The van der Waals surface area contributed by atoms with Gasteiger partial charge in [-0.05, 0) is 91.8 Å². The fourth-order valence-electron chi connectivity index (χ4n) is 8.95. The molecule has 0 saturated heterocycles. The van der Waals surface area contributed by atoms with Gasteiger partial charge in [0, 0.05) is 12.1 Å². The summed E-state index contributed by atoms with van der Waals surface area (Å²) in [7, 11) is 0. The Kier molecular flexibility index (Phi) is 5.48. The lowest BCUT2D eigenvalue weighted by atomic mass is 9.48. The number of nitrogens with zero attached hydrogens (tertiary/aromatic N) is 3. The molecule has 4 aliphatic rings. The molecule has 0 radical (unpaired) electrons. The Balaban J connectivity index is 1.35. The van der Waals surface area contributed by atoms with Gasteiger partial charge in [-0.3, -0.25) is 9.48 Å². The summed E-state index contributed by atoms with van der Waals surface area (Å²) in [6, 6.07) is 2.05. The summed E-state index contributed by atoms with van der Waals surface area (Å²) in [6.45, 7) is 7.51. The Bertz CT molecular complexity index is 903. The Morgan fingerprint density at radius 2 is 1.97 bits per heavy atom. The Hall–Kier alpha value is -1.34. The highest BCUT2D eigenvalue weighted by molar-refractivity contribution is 6.30. The van der Waals surface area contributed by atoms with Crippen molar-refractivity contribution in [1.82, 2.24) is 9.78 Å². The number of carbonyl (C=O) groups is 1. The predicted octanol–water partition coefficient (Wildman–Crippen LogP) is 6.13. The minimum atomic E-state index is 0.103. The van der Waals surface area contributed by atoms with Crippen molar-refractivity contribution >= 4 is 17.4 Å². The first-order valence-electron chi connectivity index (χ1n) is 12.5. The molecule has 0 aromatic carbocycles. The van der Waals surface area contributed by atoms with Crippen LogP contribution in [0.1, 0.15) is 77.7 Å². The predicted molar refractivity (Wildman–Crippen MR) is 121 cm³/mol. The minimum absolute atomic E-state index is 0.103. The van der Waals surface area contributed by atoms with Gasteiger partial charge in [-0.25, -0.2) is 0 Å². The lowest BCUT2D eigenvalue weighted by molar-refractivity contribution is -0.131. The number of hydrogen-bond donors (Lipinski definition) is 0. The molecule has 1 heterocycles. The molecule has 5 rings (SSSR count). The fourth-order valence-corrected chi connectivity index (χ4v) is 9.14. The molecular weight excluding hydrogens is 406 g/mol. The van der Waals surface area contributed by atoms with Crippen LogP contribution in [0.15, 0.2) is 6.20 Å². The third-order valence-corrected chi connectivity index (χ3v) is 10.4. The van der Waals surface area contributed by atoms with Crippen molar-refractivity contribution in [1.29, 1.82) is 5.26 Å². The maximum atomic E-state index is 13.5. The zero-order chi connectivity index (χ0) is 21.9. The van der Waals surface area contributed by atoms with Crippen molar-refractivity contribution in [2.45, 2.75) is 78.7 Å². The second kappa shape index (κ2) is 7.91. The molecule has 31 heavy (non-hydrogen) atoms. The van der Waals surface area contributed by atoms with Crippen LogP contribution in [0, 0.1) is 64.1 Å². The molecule has 0 amide bonds. The standard InChI is InChI=1S/C26H36ClN3O/c1-15-4-6-19-17(10-15)5-7-21-20(19)8-9-26(3)22(11-16(2)24(21)26)23(31)14-30-13-18(12-28)25(27)29-30/h13,15-17,19-22,24H,4-11,14H2,1-3H3/t15-,16+,17+,19-,20+,21+,22+,24?,26+/m0/s1. The molecule has 1 aromatic rings. The highest BCUT2D eigenvalue weighted by Crippen LogP contribution is 2.66. The Morgan fingerprint density at radius 3 is 2.71 bits per heavy atom. The van der Waals surface area contributed by atoms with Crippen LogP contribution in [0.4, 0.5) is 0 Å². The van der Waals surface area contributed by atoms with E-state index >= 15 is 0 Å². The molecule has 9 atom stereocenters. The number of Topliss-reactive ketones (excluding diaryl/α,β-unsaturated/α-hetero) is 1. The lowest BCUT2D eigenvalue weighted by Crippen LogP contribution is -2.50. The van der Waals surface area contributed by atoms with E-state index in [9.17, 15) is 4.79 Å². The van der Waals surface area contributed by atoms with Crippen LogP contribution >= 0.6 is 11.6 Å². The van der Waals surface area contributed by atoms with Gasteiger partial charge in [-0.1, -0.05) is 38.8 Å². The number of aromatic nitrogens is 2. The summed E-state index contributed by atoms with van der Waals surface area (Å²) in [6.07, 6.45) is 12.2. The van der Waals surface area contributed by atoms with Gasteiger partial charge in [0.1, 0.15) is 11.6 Å². The van der Waals surface area contributed by atoms with E-state index in [0.29, 0.717) is 17.4 Å². The van der Waals surface area contributed by atoms with Crippen molar-refractivity contribution in [2.75, 3.05) is 0 Å². The van der Waals surface area contributed by atoms with Crippen molar-refractivity contribution in [2.24, 2.45) is 52.8 Å². The van der Waals surface area contributed by atoms with Crippen LogP contribution in [0.25, 0.3) is 0 Å². The van der Waals surface area contributed by atoms with E-state index in [0.717, 1.165) is 36.0 Å². The number of rotatable bonds is 3. The summed E-state index contributed by atoms with van der Waals surface area (Å²) in [5.74, 6) is 6.19. The number of carbonyl (C=O) groups excluding carboxylic acids is 1. The third kappa shape index (κ3) is 3.47. The molecule has 1 unspecified atom stereocenters. The van der Waals surface area contributed by atoms with Crippen LogP contribution in [-0.2, 0) is 11.3 Å². The zero-order valence-electron chi connectivity index (χ0n) is 19.2. The molecule has 4 saturated carbocycles. The fraction of sp³-hybridized carbons (Fsp3) is 0.808. The van der Waals surface area contributed by atoms with Crippen molar-refractivity contribution in [3.8, 4) is 6.07 Å². The number of nitriles is 1. The summed E-state index contributed by atoms with van der Waals surface area (Å²) < 4.78 is 1.57. The van der Waals surface area contributed by atoms with Crippen LogP contribution in [0.3, 0.4) is 0 Å². The van der Waals surface area contributed by atoms with Crippen LogP contribution in [-0.4, -0.2) is 15.6 Å². The van der Waals surface area contributed by atoms with Crippen molar-refractivity contribution in [3.63, 3.8) is 0 Å². The molecule has 4 nitrogen and oxygen atoms in total. The van der Waals surface area contributed by atoms with Gasteiger partial charge < -0.3 is 0 Å². The summed E-state index contributed by atoms with van der Waals surface area (Å²) in [4.78, 5) is 13.5. The first kappa shape index (κ1) is 21.5. The van der Waals surface area contributed by atoms with Gasteiger partial charge in [-0.2, -0.15) is 10.4 Å². The van der Waals surface area contributed by atoms with Gasteiger partial charge in [0.2, 0.25) is 0 Å². The van der Waals surface area contributed by atoms with E-state index in [1.807, 2.05) is 6.07 Å².